The molecular weight excluding hydrogens is 330 g/mol. The highest BCUT2D eigenvalue weighted by Gasteiger charge is 2.17. The van der Waals surface area contributed by atoms with Crippen molar-refractivity contribution >= 4 is 36.3 Å². The fourth-order valence-corrected chi connectivity index (χ4v) is 2.05. The Kier molecular flexibility index (Phi) is 5.43. The molecule has 3 N–H and O–H groups in total. The van der Waals surface area contributed by atoms with E-state index in [0.29, 0.717) is 17.0 Å². The van der Waals surface area contributed by atoms with Crippen LogP contribution in [0, 0.1) is 0 Å². The summed E-state index contributed by atoms with van der Waals surface area (Å²) in [7, 11) is 1.48. The van der Waals surface area contributed by atoms with Gasteiger partial charge in [0.2, 0.25) is 5.91 Å². The molecule has 2 aromatic carbocycles. The summed E-state index contributed by atoms with van der Waals surface area (Å²) in [5.41, 5.74) is 6.09. The lowest BCUT2D eigenvalue weighted by atomic mass is 10.2. The van der Waals surface area contributed by atoms with Gasteiger partial charge in [-0.15, -0.1) is 0 Å². The first-order valence-corrected chi connectivity index (χ1v) is 7.20. The summed E-state index contributed by atoms with van der Waals surface area (Å²) < 4.78 is 5.98. The SMILES string of the molecule is COc1cccc(C(=O)NC(=O)N(S)c2ccc(C(N)=O)cc2)c1. The topological polar surface area (TPSA) is 102 Å². The quantitative estimate of drug-likeness (QED) is 0.738. The van der Waals surface area contributed by atoms with Crippen molar-refractivity contribution in [1.29, 1.82) is 0 Å². The number of urea groups is 1. The van der Waals surface area contributed by atoms with Crippen LogP contribution in [0.2, 0.25) is 0 Å². The number of hydrogen-bond acceptors (Lipinski definition) is 5. The largest absolute Gasteiger partial charge is 0.497 e. The van der Waals surface area contributed by atoms with Crippen LogP contribution >= 0.6 is 12.8 Å². The van der Waals surface area contributed by atoms with Crippen LogP contribution in [0.25, 0.3) is 0 Å². The zero-order valence-electron chi connectivity index (χ0n) is 12.7. The van der Waals surface area contributed by atoms with Crippen LogP contribution < -0.4 is 20.1 Å². The van der Waals surface area contributed by atoms with Gasteiger partial charge < -0.3 is 10.5 Å². The number of nitrogens with two attached hydrogens (primary N) is 1. The second-order valence-electron chi connectivity index (χ2n) is 4.71. The summed E-state index contributed by atoms with van der Waals surface area (Å²) in [5.74, 6) is -0.670. The molecule has 24 heavy (non-hydrogen) atoms. The number of hydrogen-bond donors (Lipinski definition) is 3. The number of carbonyl (C=O) groups excluding carboxylic acids is 3. The first-order chi connectivity index (χ1) is 11.4. The molecule has 0 fully saturated rings. The molecule has 4 amide bonds. The maximum Gasteiger partial charge on any atom is 0.338 e. The monoisotopic (exact) mass is 345 g/mol. The van der Waals surface area contributed by atoms with Gasteiger partial charge in [-0.25, -0.2) is 9.10 Å². The van der Waals surface area contributed by atoms with Gasteiger partial charge in [0.25, 0.3) is 5.91 Å². The number of carbonyl (C=O) groups is 3. The average molecular weight is 345 g/mol. The Balaban J connectivity index is 2.07. The molecule has 0 aliphatic rings. The average Bonchev–Trinajstić information content (AvgIpc) is 2.61. The van der Waals surface area contributed by atoms with Gasteiger partial charge in [0.05, 0.1) is 12.8 Å². The molecule has 2 aromatic rings. The molecule has 0 radical (unpaired) electrons. The third-order valence-corrected chi connectivity index (χ3v) is 3.55. The van der Waals surface area contributed by atoms with E-state index in [4.69, 9.17) is 10.5 Å². The van der Waals surface area contributed by atoms with Gasteiger partial charge in [-0.05, 0) is 42.5 Å². The normalized spacial score (nSPS) is 9.92. The minimum atomic E-state index is -0.738. The molecule has 0 aromatic heterocycles. The number of rotatable bonds is 4. The minimum Gasteiger partial charge on any atom is -0.497 e. The number of nitrogens with zero attached hydrogens (tertiary/aromatic N) is 1. The number of thiol groups is 1. The van der Waals surface area contributed by atoms with Crippen molar-refractivity contribution in [3.8, 4) is 5.75 Å². The summed E-state index contributed by atoms with van der Waals surface area (Å²) in [6.45, 7) is 0. The van der Waals surface area contributed by atoms with Crippen LogP contribution in [-0.2, 0) is 0 Å². The highest BCUT2D eigenvalue weighted by atomic mass is 32.1. The fourth-order valence-electron chi connectivity index (χ4n) is 1.87. The van der Waals surface area contributed by atoms with Crippen molar-refractivity contribution in [2.75, 3.05) is 11.4 Å². The van der Waals surface area contributed by atoms with E-state index in [1.165, 1.54) is 37.4 Å². The predicted octanol–water partition coefficient (Wildman–Crippen LogP) is 2.00. The summed E-state index contributed by atoms with van der Waals surface area (Å²) in [5, 5.41) is 2.21. The molecule has 124 valence electrons. The lowest BCUT2D eigenvalue weighted by Crippen LogP contribution is -2.38. The number of nitrogens with one attached hydrogen (secondary N) is 1. The molecular formula is C16H15N3O4S. The first-order valence-electron chi connectivity index (χ1n) is 6.80. The second kappa shape index (κ2) is 7.51. The number of imide groups is 1. The van der Waals surface area contributed by atoms with E-state index in [0.717, 1.165) is 4.31 Å². The van der Waals surface area contributed by atoms with Crippen molar-refractivity contribution in [1.82, 2.24) is 5.32 Å². The Labute approximate surface area is 143 Å². The van der Waals surface area contributed by atoms with E-state index >= 15 is 0 Å². The van der Waals surface area contributed by atoms with Gasteiger partial charge >= 0.3 is 6.03 Å². The van der Waals surface area contributed by atoms with E-state index in [9.17, 15) is 14.4 Å². The molecule has 0 saturated heterocycles. The lowest BCUT2D eigenvalue weighted by molar-refractivity contribution is 0.0964. The number of ether oxygens (including phenoxy) is 1. The molecule has 2 rings (SSSR count). The summed E-state index contributed by atoms with van der Waals surface area (Å²) >= 11 is 4.05. The number of benzene rings is 2. The van der Waals surface area contributed by atoms with E-state index in [1.54, 1.807) is 18.2 Å². The van der Waals surface area contributed by atoms with E-state index in [2.05, 4.69) is 18.1 Å². The van der Waals surface area contributed by atoms with Crippen molar-refractivity contribution in [3.05, 3.63) is 59.7 Å². The van der Waals surface area contributed by atoms with Gasteiger partial charge in [0, 0.05) is 11.1 Å². The van der Waals surface area contributed by atoms with E-state index in [1.807, 2.05) is 0 Å². The summed E-state index contributed by atoms with van der Waals surface area (Å²) in [4.78, 5) is 35.2. The molecule has 0 spiro atoms. The number of amides is 4. The van der Waals surface area contributed by atoms with Gasteiger partial charge in [0.1, 0.15) is 5.75 Å². The molecule has 0 saturated carbocycles. The van der Waals surface area contributed by atoms with Crippen LogP contribution in [0.15, 0.2) is 48.5 Å². The molecule has 8 heteroatoms. The number of methoxy groups -OCH3 is 1. The van der Waals surface area contributed by atoms with Gasteiger partial charge in [-0.2, -0.15) is 0 Å². The third kappa shape index (κ3) is 4.05. The van der Waals surface area contributed by atoms with Crippen molar-refractivity contribution in [2.24, 2.45) is 5.73 Å². The van der Waals surface area contributed by atoms with E-state index in [-0.39, 0.29) is 5.56 Å². The van der Waals surface area contributed by atoms with Gasteiger partial charge in [-0.1, -0.05) is 18.9 Å². The van der Waals surface area contributed by atoms with Crippen LogP contribution in [0.4, 0.5) is 10.5 Å². The Hall–Kier alpha value is -3.00. The maximum atomic E-state index is 12.1. The van der Waals surface area contributed by atoms with Crippen LogP contribution in [0.1, 0.15) is 20.7 Å². The fraction of sp³-hybridized carbons (Fsp3) is 0.0625. The first kappa shape index (κ1) is 17.4. The molecule has 0 bridgehead atoms. The maximum absolute atomic E-state index is 12.1. The minimum absolute atomic E-state index is 0.272. The molecule has 0 aliphatic heterocycles. The highest BCUT2D eigenvalue weighted by Crippen LogP contribution is 2.18. The zero-order valence-corrected chi connectivity index (χ0v) is 13.6. The molecule has 0 atom stereocenters. The van der Waals surface area contributed by atoms with Crippen LogP contribution in [0.3, 0.4) is 0 Å². The molecule has 0 heterocycles. The smallest absolute Gasteiger partial charge is 0.338 e. The number of anilines is 1. The van der Waals surface area contributed by atoms with Gasteiger partial charge in [0.15, 0.2) is 0 Å². The third-order valence-electron chi connectivity index (χ3n) is 3.14. The van der Waals surface area contributed by atoms with Crippen LogP contribution in [0.5, 0.6) is 5.75 Å². The zero-order chi connectivity index (χ0) is 17.7. The van der Waals surface area contributed by atoms with Crippen molar-refractivity contribution in [2.45, 2.75) is 0 Å². The number of primary amides is 1. The standard InChI is InChI=1S/C16H15N3O4S/c1-23-13-4-2-3-11(9-13)15(21)18-16(22)19(24)12-7-5-10(6-8-12)14(17)20/h2-9,24H,1H3,(H2,17,20)(H,18,21,22). The molecule has 7 nitrogen and oxygen atoms in total. The summed E-state index contributed by atoms with van der Waals surface area (Å²) in [6, 6.07) is 11.5. The lowest BCUT2D eigenvalue weighted by Gasteiger charge is -2.16. The van der Waals surface area contributed by atoms with Crippen LogP contribution in [-0.4, -0.2) is 25.0 Å². The Bertz CT molecular complexity index is 777. The second-order valence-corrected chi connectivity index (χ2v) is 5.11. The van der Waals surface area contributed by atoms with Crippen molar-refractivity contribution in [3.63, 3.8) is 0 Å². The molecule has 0 aliphatic carbocycles. The van der Waals surface area contributed by atoms with Crippen molar-refractivity contribution < 1.29 is 19.1 Å². The Morgan fingerprint density at radius 3 is 2.33 bits per heavy atom. The Morgan fingerprint density at radius 1 is 1.08 bits per heavy atom. The molecule has 0 unspecified atom stereocenters. The van der Waals surface area contributed by atoms with Gasteiger partial charge in [-0.3, -0.25) is 14.9 Å². The predicted molar refractivity (Wildman–Crippen MR) is 92.3 cm³/mol. The summed E-state index contributed by atoms with van der Waals surface area (Å²) in [6.07, 6.45) is 0. The van der Waals surface area contributed by atoms with E-state index < -0.39 is 17.8 Å². The highest BCUT2D eigenvalue weighted by molar-refractivity contribution is 7.82. The Morgan fingerprint density at radius 2 is 1.75 bits per heavy atom.